The summed E-state index contributed by atoms with van der Waals surface area (Å²) >= 11 is 15.6. The van der Waals surface area contributed by atoms with Gasteiger partial charge in [-0.05, 0) is 121 Å². The van der Waals surface area contributed by atoms with Gasteiger partial charge in [0.1, 0.15) is 6.54 Å². The molecule has 3 aliphatic rings. The van der Waals surface area contributed by atoms with E-state index in [0.29, 0.717) is 0 Å². The van der Waals surface area contributed by atoms with E-state index in [1.165, 1.54) is 72.2 Å². The van der Waals surface area contributed by atoms with Gasteiger partial charge in [0, 0.05) is 57.0 Å². The van der Waals surface area contributed by atoms with Gasteiger partial charge in [-0.2, -0.15) is 17.2 Å². The quantitative estimate of drug-likeness (QED) is 0.131. The summed E-state index contributed by atoms with van der Waals surface area (Å²) in [5.41, 5.74) is 11.7. The van der Waals surface area contributed by atoms with E-state index in [-0.39, 0.29) is 10.8 Å². The molecule has 7 rings (SSSR count). The van der Waals surface area contributed by atoms with Crippen molar-refractivity contribution in [3.8, 4) is 0 Å². The molecular formula is C46H51BrClN2S+. The molecule has 1 aliphatic carbocycles. The highest BCUT2D eigenvalue weighted by atomic mass is 79.9. The fourth-order valence-electron chi connectivity index (χ4n) is 8.87. The van der Waals surface area contributed by atoms with Gasteiger partial charge in [0.05, 0.1) is 5.41 Å². The Balaban J connectivity index is 1.26. The molecule has 0 saturated heterocycles. The van der Waals surface area contributed by atoms with Crippen molar-refractivity contribution in [3.05, 3.63) is 128 Å². The standard InChI is InChI=1S/C46H50BrClN2S/c1-7-8-25-49-38-22-15-34-29-35(47)18-20-37(34)43(38)45(3,4)40(49)23-16-31-11-9-12-32(44(31)48)17-24-41-46(5,6)42-36-19-13-30(2)28-33(36)14-21-39(42)50(41)26-10-27-51/h13-24,28-29H,7-12,25-27H2,1-6H3/p+1. The van der Waals surface area contributed by atoms with Gasteiger partial charge in [-0.25, -0.2) is 0 Å². The summed E-state index contributed by atoms with van der Waals surface area (Å²) in [6.45, 7) is 15.9. The number of rotatable bonds is 9. The minimum Gasteiger partial charge on any atom is -0.344 e. The molecule has 5 heteroatoms. The topological polar surface area (TPSA) is 6.25 Å². The predicted octanol–water partition coefficient (Wildman–Crippen LogP) is 13.4. The Hall–Kier alpha value is -3.05. The summed E-state index contributed by atoms with van der Waals surface area (Å²) in [6, 6.07) is 22.8. The SMILES string of the molecule is CCCCN1C(=CC=C2CCCC(C=CC3=[N+](CCCS)c4ccc5cc(C)ccc5c4C3(C)C)=C2Cl)C(C)(C)c2c1ccc1cc(Br)ccc21. The van der Waals surface area contributed by atoms with Crippen LogP contribution >= 0.6 is 40.2 Å². The van der Waals surface area contributed by atoms with Crippen molar-refractivity contribution in [2.24, 2.45) is 0 Å². The number of allylic oxidation sites excluding steroid dienone is 8. The van der Waals surface area contributed by atoms with Crippen LogP contribution in [0.25, 0.3) is 21.5 Å². The summed E-state index contributed by atoms with van der Waals surface area (Å²) in [5.74, 6) is 0.864. The van der Waals surface area contributed by atoms with E-state index in [2.05, 4.69) is 165 Å². The molecule has 0 fully saturated rings. The largest absolute Gasteiger partial charge is 0.344 e. The number of hydrogen-bond donors (Lipinski definition) is 1. The van der Waals surface area contributed by atoms with Crippen LogP contribution in [0.1, 0.15) is 89.8 Å². The van der Waals surface area contributed by atoms with E-state index in [9.17, 15) is 0 Å². The Bertz CT molecular complexity index is 2200. The maximum absolute atomic E-state index is 7.35. The van der Waals surface area contributed by atoms with Gasteiger partial charge in [-0.15, -0.1) is 0 Å². The average Bonchev–Trinajstić information content (AvgIpc) is 3.46. The summed E-state index contributed by atoms with van der Waals surface area (Å²) in [5, 5.41) is 6.18. The van der Waals surface area contributed by atoms with Crippen LogP contribution in [0.3, 0.4) is 0 Å². The molecule has 0 saturated carbocycles. The monoisotopic (exact) mass is 777 g/mol. The van der Waals surface area contributed by atoms with Crippen molar-refractivity contribution in [2.75, 3.05) is 23.7 Å². The Morgan fingerprint density at radius 1 is 0.863 bits per heavy atom. The lowest BCUT2D eigenvalue weighted by Crippen LogP contribution is -2.28. The van der Waals surface area contributed by atoms with E-state index < -0.39 is 0 Å². The molecule has 2 aliphatic heterocycles. The highest BCUT2D eigenvalue weighted by molar-refractivity contribution is 9.10. The van der Waals surface area contributed by atoms with Gasteiger partial charge >= 0.3 is 0 Å². The number of thiol groups is 1. The second kappa shape index (κ2) is 14.4. The molecule has 0 bridgehead atoms. The fraction of sp³-hybridized carbons (Fsp3) is 0.370. The molecule has 0 radical (unpaired) electrons. The van der Waals surface area contributed by atoms with Crippen molar-refractivity contribution >= 4 is 78.8 Å². The van der Waals surface area contributed by atoms with Gasteiger partial charge in [0.2, 0.25) is 5.69 Å². The molecule has 51 heavy (non-hydrogen) atoms. The second-order valence-electron chi connectivity index (χ2n) is 15.6. The first-order chi connectivity index (χ1) is 24.5. The molecule has 0 atom stereocenters. The number of nitrogens with zero attached hydrogens (tertiary/aromatic N) is 2. The predicted molar refractivity (Wildman–Crippen MR) is 229 cm³/mol. The van der Waals surface area contributed by atoms with Crippen LogP contribution in [0.15, 0.2) is 111 Å². The highest BCUT2D eigenvalue weighted by Gasteiger charge is 2.45. The summed E-state index contributed by atoms with van der Waals surface area (Å²) in [6.07, 6.45) is 15.8. The normalized spacial score (nSPS) is 19.8. The highest BCUT2D eigenvalue weighted by Crippen LogP contribution is 2.51. The zero-order chi connectivity index (χ0) is 36.1. The Labute approximate surface area is 324 Å². The van der Waals surface area contributed by atoms with Gasteiger partial charge in [-0.3, -0.25) is 0 Å². The first kappa shape index (κ1) is 36.3. The molecule has 0 aromatic heterocycles. The van der Waals surface area contributed by atoms with Crippen LogP contribution in [-0.4, -0.2) is 29.1 Å². The Kier molecular flexibility index (Phi) is 10.3. The van der Waals surface area contributed by atoms with Crippen molar-refractivity contribution in [3.63, 3.8) is 0 Å². The van der Waals surface area contributed by atoms with Crippen LogP contribution in [0.4, 0.5) is 11.4 Å². The van der Waals surface area contributed by atoms with Gasteiger partial charge in [0.15, 0.2) is 5.71 Å². The number of fused-ring (bicyclic) bond motifs is 6. The average molecular weight is 779 g/mol. The molecular weight excluding hydrogens is 728 g/mol. The zero-order valence-corrected chi connectivity index (χ0v) is 34.3. The third-order valence-corrected chi connectivity index (χ3v) is 12.7. The second-order valence-corrected chi connectivity index (χ2v) is 17.4. The Morgan fingerprint density at radius 2 is 1.61 bits per heavy atom. The lowest BCUT2D eigenvalue weighted by molar-refractivity contribution is -0.437. The summed E-state index contributed by atoms with van der Waals surface area (Å²) in [4.78, 5) is 2.57. The van der Waals surface area contributed by atoms with E-state index in [4.69, 9.17) is 11.6 Å². The zero-order valence-electron chi connectivity index (χ0n) is 31.0. The molecule has 2 heterocycles. The lowest BCUT2D eigenvalue weighted by Gasteiger charge is -2.27. The molecule has 0 unspecified atom stereocenters. The van der Waals surface area contributed by atoms with Crippen LogP contribution in [0, 0.1) is 6.92 Å². The minimum atomic E-state index is -0.146. The minimum absolute atomic E-state index is 0.139. The van der Waals surface area contributed by atoms with E-state index in [1.54, 1.807) is 0 Å². The number of unbranched alkanes of at least 4 members (excludes halogenated alkanes) is 1. The van der Waals surface area contributed by atoms with Crippen molar-refractivity contribution < 1.29 is 4.58 Å². The van der Waals surface area contributed by atoms with Crippen LogP contribution in [0.2, 0.25) is 0 Å². The molecule has 2 nitrogen and oxygen atoms in total. The third-order valence-electron chi connectivity index (χ3n) is 11.4. The summed E-state index contributed by atoms with van der Waals surface area (Å²) < 4.78 is 3.65. The number of benzene rings is 4. The van der Waals surface area contributed by atoms with Crippen molar-refractivity contribution in [1.29, 1.82) is 0 Å². The van der Waals surface area contributed by atoms with E-state index >= 15 is 0 Å². The third kappa shape index (κ3) is 6.48. The lowest BCUT2D eigenvalue weighted by atomic mass is 9.78. The van der Waals surface area contributed by atoms with E-state index in [0.717, 1.165) is 66.9 Å². The maximum atomic E-state index is 7.35. The number of hydrogen-bond acceptors (Lipinski definition) is 2. The van der Waals surface area contributed by atoms with Crippen molar-refractivity contribution in [1.82, 2.24) is 0 Å². The maximum Gasteiger partial charge on any atom is 0.210 e. The smallest absolute Gasteiger partial charge is 0.210 e. The van der Waals surface area contributed by atoms with Crippen molar-refractivity contribution in [2.45, 2.75) is 90.9 Å². The first-order valence-corrected chi connectivity index (χ1v) is 20.6. The molecule has 264 valence electrons. The number of halogens is 2. The molecule has 0 N–H and O–H groups in total. The molecule has 4 aromatic carbocycles. The van der Waals surface area contributed by atoms with Crippen LogP contribution in [0.5, 0.6) is 0 Å². The molecule has 0 amide bonds. The van der Waals surface area contributed by atoms with Gasteiger partial charge in [-0.1, -0.05) is 103 Å². The first-order valence-electron chi connectivity index (χ1n) is 18.8. The van der Waals surface area contributed by atoms with Gasteiger partial charge < -0.3 is 4.90 Å². The number of anilines is 1. The van der Waals surface area contributed by atoms with Crippen LogP contribution < -0.4 is 4.90 Å². The van der Waals surface area contributed by atoms with E-state index in [1.807, 2.05) is 0 Å². The molecule has 0 spiro atoms. The Morgan fingerprint density at radius 3 is 2.39 bits per heavy atom. The molecule has 4 aromatic rings. The number of aryl methyl sites for hydroxylation is 1. The van der Waals surface area contributed by atoms with Gasteiger partial charge in [0.25, 0.3) is 0 Å². The summed E-state index contributed by atoms with van der Waals surface area (Å²) in [7, 11) is 0. The fourth-order valence-corrected chi connectivity index (χ4v) is 9.71. The van der Waals surface area contributed by atoms with Crippen LogP contribution in [-0.2, 0) is 10.8 Å².